The number of alkyl halides is 3. The van der Waals surface area contributed by atoms with Crippen LogP contribution in [0.3, 0.4) is 0 Å². The van der Waals surface area contributed by atoms with E-state index in [1.165, 1.54) is 18.5 Å². The molecular formula is C33H32F3N7O4S. The summed E-state index contributed by atoms with van der Waals surface area (Å²) < 4.78 is 44.4. The molecule has 5 heterocycles. The number of nitrogens with zero attached hydrogens (tertiary/aromatic N) is 5. The maximum atomic E-state index is 13.6. The Balaban J connectivity index is 1.44. The Morgan fingerprint density at radius 1 is 1.17 bits per heavy atom. The third-order valence-corrected chi connectivity index (χ3v) is 9.27. The molecule has 11 nitrogen and oxygen atoms in total. The molecule has 5 aromatic rings. The number of thiazole rings is 1. The van der Waals surface area contributed by atoms with E-state index in [9.17, 15) is 32.7 Å². The van der Waals surface area contributed by atoms with Crippen molar-refractivity contribution in [1.29, 1.82) is 0 Å². The minimum atomic E-state index is -4.67. The summed E-state index contributed by atoms with van der Waals surface area (Å²) in [7, 11) is 1.99. The Kier molecular flexibility index (Phi) is 9.07. The lowest BCUT2D eigenvalue weighted by molar-refractivity contribution is -0.140. The van der Waals surface area contributed by atoms with Gasteiger partial charge in [0.15, 0.2) is 5.69 Å². The number of amides is 2. The van der Waals surface area contributed by atoms with Crippen LogP contribution in [-0.4, -0.2) is 60.7 Å². The number of aryl methyl sites for hydroxylation is 1. The summed E-state index contributed by atoms with van der Waals surface area (Å²) in [4.78, 5) is 48.5. The number of benzene rings is 1. The van der Waals surface area contributed by atoms with E-state index < -0.39 is 29.3 Å². The summed E-state index contributed by atoms with van der Waals surface area (Å²) in [5.74, 6) is -1.28. The van der Waals surface area contributed by atoms with Crippen molar-refractivity contribution in [3.8, 4) is 21.7 Å². The van der Waals surface area contributed by atoms with Crippen LogP contribution in [0.5, 0.6) is 0 Å². The number of pyridine rings is 2. The van der Waals surface area contributed by atoms with Crippen LogP contribution < -0.4 is 16.1 Å². The molecule has 1 fully saturated rings. The van der Waals surface area contributed by atoms with Gasteiger partial charge in [-0.25, -0.2) is 19.6 Å². The molecule has 1 unspecified atom stereocenters. The first-order chi connectivity index (χ1) is 22.9. The third-order valence-electron chi connectivity index (χ3n) is 8.39. The van der Waals surface area contributed by atoms with Crippen molar-refractivity contribution in [3.63, 3.8) is 0 Å². The Hall–Kier alpha value is -5.02. The standard InChI is InChI=1S/C33H32F3N7O4S/c1-3-37-32(47)40-28-13-22(30-39-27(18-48-30)33(34,35)36)24(14-38-28)19-8-9-26-23(12-19)29(44)25(31(45)46)17-43(26)21-7-5-11-42(16-21)15-20-6-4-10-41(20)2/h4,6,8-10,12-14,17-18,21H,3,5,7,11,15-16H2,1-2H3,(H,45,46)(H2,37,38,40,47). The number of rotatable bonds is 8. The predicted octanol–water partition coefficient (Wildman–Crippen LogP) is 6.22. The van der Waals surface area contributed by atoms with Crippen molar-refractivity contribution in [2.45, 2.75) is 38.5 Å². The van der Waals surface area contributed by atoms with E-state index in [-0.39, 0.29) is 33.4 Å². The van der Waals surface area contributed by atoms with Crippen LogP contribution in [0, 0.1) is 0 Å². The minimum absolute atomic E-state index is 0.0241. The third kappa shape index (κ3) is 6.69. The molecule has 250 valence electrons. The number of likely N-dealkylation sites (tertiary alicyclic amines) is 1. The number of piperidine rings is 1. The molecule has 0 radical (unpaired) electrons. The predicted molar refractivity (Wildman–Crippen MR) is 176 cm³/mol. The molecule has 0 bridgehead atoms. The number of carbonyl (C=O) groups excluding carboxylic acids is 1. The first-order valence-electron chi connectivity index (χ1n) is 15.3. The number of nitrogens with one attached hydrogen (secondary N) is 2. The number of hydrogen-bond acceptors (Lipinski definition) is 7. The molecular weight excluding hydrogens is 647 g/mol. The van der Waals surface area contributed by atoms with Gasteiger partial charge in [0.05, 0.1) is 5.52 Å². The summed E-state index contributed by atoms with van der Waals surface area (Å²) in [6.45, 7) is 4.32. The Morgan fingerprint density at radius 2 is 1.98 bits per heavy atom. The molecule has 3 N–H and O–H groups in total. The molecule has 1 aliphatic heterocycles. The average Bonchev–Trinajstić information content (AvgIpc) is 3.71. The van der Waals surface area contributed by atoms with Crippen LogP contribution in [0.15, 0.2) is 65.2 Å². The highest BCUT2D eigenvalue weighted by atomic mass is 32.1. The number of aromatic nitrogens is 4. The number of carboxylic acids is 1. The molecule has 1 atom stereocenters. The van der Waals surface area contributed by atoms with Gasteiger partial charge in [-0.2, -0.15) is 13.2 Å². The van der Waals surface area contributed by atoms with E-state index in [1.807, 2.05) is 23.9 Å². The molecule has 4 aromatic heterocycles. The van der Waals surface area contributed by atoms with Gasteiger partial charge in [0.25, 0.3) is 0 Å². The van der Waals surface area contributed by atoms with Crippen molar-refractivity contribution in [2.24, 2.45) is 7.05 Å². The number of fused-ring (bicyclic) bond motifs is 1. The highest BCUT2D eigenvalue weighted by molar-refractivity contribution is 7.13. The second kappa shape index (κ2) is 13.2. The van der Waals surface area contributed by atoms with Gasteiger partial charge in [-0.1, -0.05) is 6.07 Å². The molecule has 1 aliphatic rings. The van der Waals surface area contributed by atoms with E-state index in [2.05, 4.69) is 36.1 Å². The number of hydrogen-bond donors (Lipinski definition) is 3. The van der Waals surface area contributed by atoms with Crippen molar-refractivity contribution in [3.05, 3.63) is 87.5 Å². The number of anilines is 1. The lowest BCUT2D eigenvalue weighted by Gasteiger charge is -2.35. The Labute approximate surface area is 276 Å². The minimum Gasteiger partial charge on any atom is -0.477 e. The number of carboxylic acid groups (broad SMARTS) is 1. The smallest absolute Gasteiger partial charge is 0.434 e. The zero-order valence-electron chi connectivity index (χ0n) is 26.0. The maximum absolute atomic E-state index is 13.6. The monoisotopic (exact) mass is 679 g/mol. The summed E-state index contributed by atoms with van der Waals surface area (Å²) >= 11 is 0.776. The molecule has 1 saturated heterocycles. The van der Waals surface area contributed by atoms with Crippen LogP contribution in [0.25, 0.3) is 32.6 Å². The fraction of sp³-hybridized carbons (Fsp3) is 0.303. The van der Waals surface area contributed by atoms with Crippen molar-refractivity contribution in [2.75, 3.05) is 25.0 Å². The van der Waals surface area contributed by atoms with Crippen LogP contribution in [-0.2, 0) is 19.8 Å². The Bertz CT molecular complexity index is 2070. The van der Waals surface area contributed by atoms with Crippen LogP contribution >= 0.6 is 11.3 Å². The van der Waals surface area contributed by atoms with E-state index in [4.69, 9.17) is 0 Å². The second-order valence-corrected chi connectivity index (χ2v) is 12.5. The van der Waals surface area contributed by atoms with Crippen LogP contribution in [0.1, 0.15) is 47.6 Å². The Morgan fingerprint density at radius 3 is 2.67 bits per heavy atom. The highest BCUT2D eigenvalue weighted by Gasteiger charge is 2.34. The highest BCUT2D eigenvalue weighted by Crippen LogP contribution is 2.39. The quantitative estimate of drug-likeness (QED) is 0.177. The van der Waals surface area contributed by atoms with Gasteiger partial charge < -0.3 is 19.6 Å². The molecule has 15 heteroatoms. The van der Waals surface area contributed by atoms with E-state index in [0.29, 0.717) is 29.7 Å². The molecule has 0 spiro atoms. The van der Waals surface area contributed by atoms with Gasteiger partial charge in [0.1, 0.15) is 16.4 Å². The first kappa shape index (κ1) is 32.9. The number of carbonyl (C=O) groups is 2. The van der Waals surface area contributed by atoms with Crippen molar-refractivity contribution in [1.82, 2.24) is 29.3 Å². The van der Waals surface area contributed by atoms with Gasteiger partial charge in [-0.05, 0) is 62.2 Å². The van der Waals surface area contributed by atoms with Gasteiger partial charge in [0.2, 0.25) is 5.43 Å². The zero-order chi connectivity index (χ0) is 34.2. The number of halogens is 3. The first-order valence-corrected chi connectivity index (χ1v) is 16.1. The normalized spacial score (nSPS) is 15.5. The maximum Gasteiger partial charge on any atom is 0.434 e. The molecule has 48 heavy (non-hydrogen) atoms. The lowest BCUT2D eigenvalue weighted by atomic mass is 9.98. The van der Waals surface area contributed by atoms with E-state index >= 15 is 0 Å². The van der Waals surface area contributed by atoms with Gasteiger partial charge in [0, 0.05) is 78.9 Å². The van der Waals surface area contributed by atoms with E-state index in [0.717, 1.165) is 48.3 Å². The largest absolute Gasteiger partial charge is 0.477 e. The zero-order valence-corrected chi connectivity index (χ0v) is 26.9. The SMILES string of the molecule is CCNC(=O)Nc1cc(-c2nc(C(F)(F)F)cs2)c(-c2ccc3c(c2)c(=O)c(C(=O)O)cn3C2CCCN(Cc3cccn3C)C2)cn1. The molecule has 0 saturated carbocycles. The second-order valence-electron chi connectivity index (χ2n) is 11.6. The lowest BCUT2D eigenvalue weighted by Crippen LogP contribution is -2.37. The average molecular weight is 680 g/mol. The summed E-state index contributed by atoms with van der Waals surface area (Å²) in [6, 6.07) is 9.80. The van der Waals surface area contributed by atoms with Gasteiger partial charge >= 0.3 is 18.2 Å². The molecule has 0 aliphatic carbocycles. The van der Waals surface area contributed by atoms with E-state index in [1.54, 1.807) is 25.1 Å². The molecule has 6 rings (SSSR count). The van der Waals surface area contributed by atoms with Crippen LogP contribution in [0.2, 0.25) is 0 Å². The molecule has 1 aromatic carbocycles. The summed E-state index contributed by atoms with van der Waals surface area (Å²) in [5.41, 5.74) is 0.573. The fourth-order valence-electron chi connectivity index (χ4n) is 6.05. The number of aromatic carboxylic acids is 1. The van der Waals surface area contributed by atoms with Gasteiger partial charge in [-0.3, -0.25) is 15.0 Å². The number of urea groups is 1. The summed E-state index contributed by atoms with van der Waals surface area (Å²) in [5, 5.41) is 16.2. The fourth-order valence-corrected chi connectivity index (χ4v) is 6.90. The topological polar surface area (TPSA) is 134 Å². The van der Waals surface area contributed by atoms with Crippen molar-refractivity contribution >= 4 is 40.1 Å². The van der Waals surface area contributed by atoms with Gasteiger partial charge in [-0.15, -0.1) is 11.3 Å². The molecule has 2 amide bonds. The van der Waals surface area contributed by atoms with Crippen LogP contribution in [0.4, 0.5) is 23.8 Å². The summed E-state index contributed by atoms with van der Waals surface area (Å²) in [6.07, 6.45) is 1.77. The van der Waals surface area contributed by atoms with Crippen molar-refractivity contribution < 1.29 is 27.9 Å².